The summed E-state index contributed by atoms with van der Waals surface area (Å²) in [5.41, 5.74) is -1.27. The summed E-state index contributed by atoms with van der Waals surface area (Å²) in [6.07, 6.45) is 8.82. The molecule has 37 heavy (non-hydrogen) atoms. The first-order valence-electron chi connectivity index (χ1n) is 13.5. The van der Waals surface area contributed by atoms with E-state index < -0.39 is 41.7 Å². The smallest absolute Gasteiger partial charge is 0.313 e. The molecule has 10 heteroatoms. The molecule has 0 aromatic rings. The fraction of sp³-hybridized carbons (Fsp3) is 0.704. The fourth-order valence-corrected chi connectivity index (χ4v) is 6.10. The van der Waals surface area contributed by atoms with Crippen LogP contribution >= 0.6 is 0 Å². The number of carbonyl (C=O) groups excluding carboxylic acids is 4. The molecular formula is C27H39N3O7. The highest BCUT2D eigenvalue weighted by Gasteiger charge is 2.73. The van der Waals surface area contributed by atoms with E-state index in [0.29, 0.717) is 19.4 Å². The van der Waals surface area contributed by atoms with Crippen LogP contribution in [0.1, 0.15) is 52.9 Å². The van der Waals surface area contributed by atoms with E-state index in [1.54, 1.807) is 24.0 Å². The van der Waals surface area contributed by atoms with E-state index in [4.69, 9.17) is 9.47 Å². The predicted molar refractivity (Wildman–Crippen MR) is 134 cm³/mol. The Morgan fingerprint density at radius 1 is 1.22 bits per heavy atom. The number of allylic oxidation sites excluding steroid dienone is 1. The van der Waals surface area contributed by atoms with Crippen LogP contribution in [0.25, 0.3) is 0 Å². The first-order valence-corrected chi connectivity index (χ1v) is 13.5. The van der Waals surface area contributed by atoms with Crippen LogP contribution in [0, 0.1) is 11.8 Å². The predicted octanol–water partition coefficient (Wildman–Crippen LogP) is 0.935. The molecule has 0 aromatic carbocycles. The minimum atomic E-state index is -1.27. The number of hydrogen-bond acceptors (Lipinski definition) is 7. The monoisotopic (exact) mass is 517 g/mol. The first-order chi connectivity index (χ1) is 17.7. The van der Waals surface area contributed by atoms with E-state index in [9.17, 15) is 24.3 Å². The molecule has 0 aromatic heterocycles. The molecular weight excluding hydrogens is 478 g/mol. The zero-order valence-electron chi connectivity index (χ0n) is 21.9. The molecule has 2 fully saturated rings. The number of ether oxygens (including phenoxy) is 2. The van der Waals surface area contributed by atoms with Crippen molar-refractivity contribution < 1.29 is 33.8 Å². The maximum absolute atomic E-state index is 14.3. The average molecular weight is 518 g/mol. The summed E-state index contributed by atoms with van der Waals surface area (Å²) >= 11 is 0. The summed E-state index contributed by atoms with van der Waals surface area (Å²) in [4.78, 5) is 56.9. The number of cyclic esters (lactones) is 1. The van der Waals surface area contributed by atoms with Gasteiger partial charge in [-0.2, -0.15) is 0 Å². The van der Waals surface area contributed by atoms with E-state index in [0.717, 1.165) is 12.8 Å². The number of nitrogens with one attached hydrogen (secondary N) is 1. The molecule has 3 amide bonds. The minimum absolute atomic E-state index is 0.0954. The van der Waals surface area contributed by atoms with Crippen LogP contribution in [-0.4, -0.2) is 94.7 Å². The lowest BCUT2D eigenvalue weighted by Gasteiger charge is -2.38. The third kappa shape index (κ3) is 5.05. The van der Waals surface area contributed by atoms with E-state index >= 15 is 0 Å². The van der Waals surface area contributed by atoms with Crippen LogP contribution in [-0.2, 0) is 28.7 Å². The van der Waals surface area contributed by atoms with Crippen molar-refractivity contribution in [2.45, 2.75) is 82.8 Å². The van der Waals surface area contributed by atoms with Gasteiger partial charge in [0.1, 0.15) is 23.7 Å². The van der Waals surface area contributed by atoms with Crippen molar-refractivity contribution in [1.82, 2.24) is 15.1 Å². The maximum atomic E-state index is 14.3. The van der Waals surface area contributed by atoms with Gasteiger partial charge in [0.05, 0.1) is 18.6 Å². The minimum Gasteiger partial charge on any atom is -0.460 e. The molecule has 4 aliphatic rings. The Morgan fingerprint density at radius 2 is 2.00 bits per heavy atom. The van der Waals surface area contributed by atoms with Crippen LogP contribution in [0.15, 0.2) is 24.3 Å². The molecule has 1 unspecified atom stereocenters. The molecule has 2 saturated heterocycles. The lowest BCUT2D eigenvalue weighted by atomic mass is 9.74. The largest absolute Gasteiger partial charge is 0.460 e. The van der Waals surface area contributed by atoms with Crippen molar-refractivity contribution in [3.8, 4) is 0 Å². The van der Waals surface area contributed by atoms with Crippen molar-refractivity contribution in [1.29, 1.82) is 0 Å². The van der Waals surface area contributed by atoms with Gasteiger partial charge in [-0.25, -0.2) is 0 Å². The molecule has 4 heterocycles. The number of nitrogens with zero attached hydrogens (tertiary/aromatic N) is 2. The highest BCUT2D eigenvalue weighted by atomic mass is 16.6. The number of rotatable bonds is 6. The summed E-state index contributed by atoms with van der Waals surface area (Å²) < 4.78 is 12.0. The van der Waals surface area contributed by atoms with Gasteiger partial charge in [0.15, 0.2) is 0 Å². The molecule has 7 atom stereocenters. The highest BCUT2D eigenvalue weighted by Crippen LogP contribution is 2.55. The summed E-state index contributed by atoms with van der Waals surface area (Å²) in [7, 11) is 0. The molecule has 4 rings (SSSR count). The average Bonchev–Trinajstić information content (AvgIpc) is 3.50. The molecule has 1 spiro atoms. The number of aliphatic hydroxyl groups is 1. The zero-order chi connectivity index (χ0) is 26.7. The summed E-state index contributed by atoms with van der Waals surface area (Å²) in [6.45, 7) is 6.28. The van der Waals surface area contributed by atoms with E-state index in [-0.39, 0.29) is 49.9 Å². The molecule has 0 saturated carbocycles. The Morgan fingerprint density at radius 3 is 2.73 bits per heavy atom. The van der Waals surface area contributed by atoms with Gasteiger partial charge in [0.2, 0.25) is 17.7 Å². The highest BCUT2D eigenvalue weighted by molar-refractivity contribution is 5.99. The second-order valence-electron chi connectivity index (χ2n) is 10.5. The molecule has 4 aliphatic heterocycles. The molecule has 5 bridgehead atoms. The van der Waals surface area contributed by atoms with E-state index in [2.05, 4.69) is 12.2 Å². The van der Waals surface area contributed by atoms with Crippen molar-refractivity contribution in [2.75, 3.05) is 26.2 Å². The van der Waals surface area contributed by atoms with Crippen LogP contribution in [0.2, 0.25) is 0 Å². The lowest BCUT2D eigenvalue weighted by Crippen LogP contribution is -2.57. The van der Waals surface area contributed by atoms with Crippen molar-refractivity contribution in [2.24, 2.45) is 11.8 Å². The van der Waals surface area contributed by atoms with Gasteiger partial charge in [0, 0.05) is 32.2 Å². The van der Waals surface area contributed by atoms with Gasteiger partial charge in [0.25, 0.3) is 0 Å². The maximum Gasteiger partial charge on any atom is 0.313 e. The second-order valence-corrected chi connectivity index (χ2v) is 10.5. The fourth-order valence-electron chi connectivity index (χ4n) is 6.10. The number of fused-ring (bicyclic) bond motifs is 2. The first kappa shape index (κ1) is 27.3. The number of likely N-dealkylation sites (tertiary alicyclic amines) is 1. The van der Waals surface area contributed by atoms with E-state index in [1.165, 1.54) is 4.90 Å². The standard InChI is InChI=1S/C27H39N3O7/c1-4-9-17(2)29-13-7-5-6-10-20(32)28-16-18(3)36-26(35)21-19-11-12-27(37-19)22(21)24(33)30(14-8-15-31)23(27)25(29)34/h5,7,11-12,17-19,21-23,31H,4,6,8-10,13-16H2,1-3H3,(H,28,32)/b7-5-/t17?,18-,19+,21-,22-,23+,27-/m1/s1. The van der Waals surface area contributed by atoms with Gasteiger partial charge >= 0.3 is 5.97 Å². The number of carbonyl (C=O) groups is 4. The van der Waals surface area contributed by atoms with Crippen molar-refractivity contribution >= 4 is 23.7 Å². The normalized spacial score (nSPS) is 35.9. The van der Waals surface area contributed by atoms with Gasteiger partial charge in [-0.1, -0.05) is 37.6 Å². The van der Waals surface area contributed by atoms with E-state index in [1.807, 2.05) is 19.1 Å². The van der Waals surface area contributed by atoms with Gasteiger partial charge < -0.3 is 29.7 Å². The Hall–Kier alpha value is -2.72. The number of hydrogen-bond donors (Lipinski definition) is 2. The van der Waals surface area contributed by atoms with Gasteiger partial charge in [-0.15, -0.1) is 0 Å². The van der Waals surface area contributed by atoms with Crippen LogP contribution < -0.4 is 5.32 Å². The van der Waals surface area contributed by atoms with Crippen LogP contribution in [0.4, 0.5) is 0 Å². The number of aliphatic hydroxyl groups excluding tert-OH is 1. The Kier molecular flexibility index (Phi) is 8.38. The SMILES string of the molecule is CCCC(C)N1C/C=C\CCC(=O)NC[C@@H](C)OC(=O)[C@@H]2[C@@H]3C=C[C@]4(O3)[C@H](C1=O)N(CCCO)C(=O)[C@@H]24. The molecule has 10 nitrogen and oxygen atoms in total. The van der Waals surface area contributed by atoms with Crippen molar-refractivity contribution in [3.63, 3.8) is 0 Å². The Bertz CT molecular complexity index is 966. The second kappa shape index (κ2) is 11.3. The summed E-state index contributed by atoms with van der Waals surface area (Å²) in [5, 5.41) is 12.3. The van der Waals surface area contributed by atoms with Crippen LogP contribution in [0.3, 0.4) is 0 Å². The van der Waals surface area contributed by atoms with Crippen LogP contribution in [0.5, 0.6) is 0 Å². The van der Waals surface area contributed by atoms with Crippen molar-refractivity contribution in [3.05, 3.63) is 24.3 Å². The topological polar surface area (TPSA) is 125 Å². The quantitative estimate of drug-likeness (QED) is 0.397. The molecule has 2 N–H and O–H groups in total. The third-order valence-corrected chi connectivity index (χ3v) is 7.87. The number of amides is 3. The number of esters is 1. The zero-order valence-corrected chi connectivity index (χ0v) is 21.9. The Labute approximate surface area is 218 Å². The third-order valence-electron chi connectivity index (χ3n) is 7.87. The van der Waals surface area contributed by atoms with Gasteiger partial charge in [-0.05, 0) is 33.1 Å². The molecule has 0 aliphatic carbocycles. The molecule has 204 valence electrons. The summed E-state index contributed by atoms with van der Waals surface area (Å²) in [6, 6.07) is -1.04. The summed E-state index contributed by atoms with van der Waals surface area (Å²) in [5.74, 6) is -3.08. The van der Waals surface area contributed by atoms with Gasteiger partial charge in [-0.3, -0.25) is 19.2 Å². The lowest BCUT2D eigenvalue weighted by molar-refractivity contribution is -0.158. The molecule has 0 radical (unpaired) electrons. The Balaban J connectivity index is 1.75.